The fourth-order valence-corrected chi connectivity index (χ4v) is 3.01. The zero-order chi connectivity index (χ0) is 19.0. The van der Waals surface area contributed by atoms with Crippen molar-refractivity contribution in [2.24, 2.45) is 7.05 Å². The number of nitrogens with zero attached hydrogens (tertiary/aromatic N) is 2. The predicted octanol–water partition coefficient (Wildman–Crippen LogP) is 3.32. The Morgan fingerprint density at radius 3 is 2.78 bits per heavy atom. The van der Waals surface area contributed by atoms with E-state index in [4.69, 9.17) is 0 Å². The summed E-state index contributed by atoms with van der Waals surface area (Å²) in [6, 6.07) is 12.4. The Morgan fingerprint density at radius 2 is 2.00 bits per heavy atom. The molecule has 0 bridgehead atoms. The number of nitrogens with one attached hydrogen (secondary N) is 2. The molecule has 0 spiro atoms. The lowest BCUT2D eigenvalue weighted by Crippen LogP contribution is -2.17. The van der Waals surface area contributed by atoms with Crippen molar-refractivity contribution in [2.75, 3.05) is 5.32 Å². The summed E-state index contributed by atoms with van der Waals surface area (Å²) >= 11 is 0. The van der Waals surface area contributed by atoms with E-state index in [-0.39, 0.29) is 11.1 Å². The number of benzene rings is 2. The van der Waals surface area contributed by atoms with Crippen LogP contribution in [0.1, 0.15) is 10.4 Å². The number of rotatable bonds is 3. The first-order chi connectivity index (χ1) is 13.0. The summed E-state index contributed by atoms with van der Waals surface area (Å²) in [6.45, 7) is 0. The van der Waals surface area contributed by atoms with E-state index in [1.807, 2.05) is 0 Å². The van der Waals surface area contributed by atoms with Crippen molar-refractivity contribution in [1.82, 2.24) is 14.8 Å². The van der Waals surface area contributed by atoms with Gasteiger partial charge in [-0.1, -0.05) is 18.2 Å². The molecule has 0 radical (unpaired) electrons. The van der Waals surface area contributed by atoms with Crippen molar-refractivity contribution >= 4 is 22.5 Å². The topological polar surface area (TPSA) is 79.8 Å². The van der Waals surface area contributed by atoms with Crippen molar-refractivity contribution in [3.05, 3.63) is 82.7 Å². The molecule has 2 aromatic heterocycles. The minimum Gasteiger partial charge on any atom is -0.322 e. The zero-order valence-electron chi connectivity index (χ0n) is 14.4. The van der Waals surface area contributed by atoms with Gasteiger partial charge < -0.3 is 10.3 Å². The number of carbonyl (C=O) groups is 1. The minimum absolute atomic E-state index is 0.246. The Bertz CT molecular complexity index is 1230. The molecule has 27 heavy (non-hydrogen) atoms. The normalized spacial score (nSPS) is 10.9. The van der Waals surface area contributed by atoms with E-state index in [0.29, 0.717) is 27.7 Å². The quantitative estimate of drug-likeness (QED) is 0.587. The van der Waals surface area contributed by atoms with Crippen molar-refractivity contribution < 1.29 is 9.18 Å². The first-order valence-corrected chi connectivity index (χ1v) is 8.23. The van der Waals surface area contributed by atoms with E-state index in [0.717, 1.165) is 0 Å². The molecule has 2 aromatic carbocycles. The number of fused-ring (bicyclic) bond motifs is 1. The number of para-hydroxylation sites is 1. The number of halogens is 1. The Balaban J connectivity index is 1.78. The van der Waals surface area contributed by atoms with Crippen LogP contribution in [0.25, 0.3) is 22.0 Å². The number of aryl methyl sites for hydroxylation is 1. The number of anilines is 1. The van der Waals surface area contributed by atoms with Gasteiger partial charge in [-0.15, -0.1) is 0 Å². The van der Waals surface area contributed by atoms with Crippen molar-refractivity contribution in [3.63, 3.8) is 0 Å². The molecular formula is C20H15FN4O2. The fourth-order valence-electron chi connectivity index (χ4n) is 3.01. The highest BCUT2D eigenvalue weighted by Crippen LogP contribution is 2.29. The smallest absolute Gasteiger partial charge is 0.256 e. The maximum Gasteiger partial charge on any atom is 0.256 e. The van der Waals surface area contributed by atoms with Gasteiger partial charge in [0.2, 0.25) is 5.56 Å². The van der Waals surface area contributed by atoms with E-state index in [1.165, 1.54) is 24.3 Å². The Labute approximate surface area is 153 Å². The number of aromatic nitrogens is 3. The molecule has 6 nitrogen and oxygen atoms in total. The Morgan fingerprint density at radius 1 is 1.19 bits per heavy atom. The van der Waals surface area contributed by atoms with Crippen LogP contribution in [0.4, 0.5) is 10.1 Å². The predicted molar refractivity (Wildman–Crippen MR) is 101 cm³/mol. The molecule has 0 aliphatic rings. The number of hydrogen-bond acceptors (Lipinski definition) is 3. The van der Waals surface area contributed by atoms with Gasteiger partial charge in [-0.2, -0.15) is 5.10 Å². The van der Waals surface area contributed by atoms with Gasteiger partial charge in [0.05, 0.1) is 11.8 Å². The van der Waals surface area contributed by atoms with Gasteiger partial charge in [-0.25, -0.2) is 4.39 Å². The second-order valence-corrected chi connectivity index (χ2v) is 6.14. The van der Waals surface area contributed by atoms with Crippen LogP contribution in [0.15, 0.2) is 65.7 Å². The first-order valence-electron chi connectivity index (χ1n) is 8.23. The average Bonchev–Trinajstić information content (AvgIpc) is 3.08. The van der Waals surface area contributed by atoms with Crippen LogP contribution < -0.4 is 10.9 Å². The first kappa shape index (κ1) is 16.7. The third-order valence-electron chi connectivity index (χ3n) is 4.24. The lowest BCUT2D eigenvalue weighted by molar-refractivity contribution is 0.102. The van der Waals surface area contributed by atoms with Gasteiger partial charge in [-0.3, -0.25) is 14.3 Å². The number of amides is 1. The van der Waals surface area contributed by atoms with Crippen LogP contribution >= 0.6 is 0 Å². The number of pyridine rings is 1. The molecule has 2 N–H and O–H groups in total. The number of hydrogen-bond donors (Lipinski definition) is 2. The number of H-pyrrole nitrogens is 1. The number of aromatic amines is 1. The third-order valence-corrected chi connectivity index (χ3v) is 4.24. The SMILES string of the molecule is Cn1cc(-c2cc(F)ccc2NC(=O)c2cc(=O)[nH]c3ccccc23)cn1. The molecule has 0 saturated heterocycles. The summed E-state index contributed by atoms with van der Waals surface area (Å²) in [4.78, 5) is 27.5. The van der Waals surface area contributed by atoms with Gasteiger partial charge in [0.15, 0.2) is 0 Å². The van der Waals surface area contributed by atoms with E-state index < -0.39 is 11.7 Å². The van der Waals surface area contributed by atoms with Crippen LogP contribution in [-0.4, -0.2) is 20.7 Å². The lowest BCUT2D eigenvalue weighted by Gasteiger charge is -2.11. The molecule has 0 unspecified atom stereocenters. The molecular weight excluding hydrogens is 347 g/mol. The Hall–Kier alpha value is -3.74. The molecule has 0 atom stereocenters. The number of carbonyl (C=O) groups excluding carboxylic acids is 1. The highest BCUT2D eigenvalue weighted by atomic mass is 19.1. The maximum absolute atomic E-state index is 13.8. The van der Waals surface area contributed by atoms with Crippen LogP contribution in [0.2, 0.25) is 0 Å². The molecule has 134 valence electrons. The lowest BCUT2D eigenvalue weighted by atomic mass is 10.1. The van der Waals surface area contributed by atoms with Crippen LogP contribution in [-0.2, 0) is 7.05 Å². The Kier molecular flexibility index (Phi) is 4.04. The molecule has 0 saturated carbocycles. The highest BCUT2D eigenvalue weighted by molar-refractivity contribution is 6.13. The zero-order valence-corrected chi connectivity index (χ0v) is 14.4. The van der Waals surface area contributed by atoms with E-state index in [2.05, 4.69) is 15.4 Å². The second kappa shape index (κ2) is 6.53. The van der Waals surface area contributed by atoms with E-state index in [1.54, 1.807) is 48.4 Å². The van der Waals surface area contributed by atoms with Crippen molar-refractivity contribution in [2.45, 2.75) is 0 Å². The van der Waals surface area contributed by atoms with E-state index in [9.17, 15) is 14.0 Å². The van der Waals surface area contributed by atoms with Gasteiger partial charge in [0.25, 0.3) is 5.91 Å². The largest absolute Gasteiger partial charge is 0.322 e. The summed E-state index contributed by atoms with van der Waals surface area (Å²) < 4.78 is 15.4. The van der Waals surface area contributed by atoms with Crippen molar-refractivity contribution in [3.8, 4) is 11.1 Å². The molecule has 1 amide bonds. The van der Waals surface area contributed by atoms with Gasteiger partial charge in [0.1, 0.15) is 5.82 Å². The van der Waals surface area contributed by atoms with Crippen LogP contribution in [0, 0.1) is 5.82 Å². The second-order valence-electron chi connectivity index (χ2n) is 6.14. The van der Waals surface area contributed by atoms with Crippen molar-refractivity contribution in [1.29, 1.82) is 0 Å². The maximum atomic E-state index is 13.8. The van der Waals surface area contributed by atoms with Crippen LogP contribution in [0.3, 0.4) is 0 Å². The molecule has 4 rings (SSSR count). The molecule has 7 heteroatoms. The monoisotopic (exact) mass is 362 g/mol. The standard InChI is InChI=1S/C20H15FN4O2/c1-25-11-12(10-22-25)15-8-13(21)6-7-18(15)24-20(27)16-9-19(26)23-17-5-3-2-4-14(16)17/h2-11H,1H3,(H,23,26)(H,24,27). The third kappa shape index (κ3) is 3.22. The molecule has 0 fully saturated rings. The summed E-state index contributed by atoms with van der Waals surface area (Å²) in [5, 5.41) is 7.50. The molecule has 2 heterocycles. The van der Waals surface area contributed by atoms with E-state index >= 15 is 0 Å². The summed E-state index contributed by atoms with van der Waals surface area (Å²) in [7, 11) is 1.75. The van der Waals surface area contributed by atoms with Gasteiger partial charge in [-0.05, 0) is 24.3 Å². The summed E-state index contributed by atoms with van der Waals surface area (Å²) in [6.07, 6.45) is 3.32. The summed E-state index contributed by atoms with van der Waals surface area (Å²) in [5.74, 6) is -0.873. The van der Waals surface area contributed by atoms with Gasteiger partial charge in [0, 0.05) is 47.0 Å². The van der Waals surface area contributed by atoms with Crippen LogP contribution in [0.5, 0.6) is 0 Å². The fraction of sp³-hybridized carbons (Fsp3) is 0.0500. The molecule has 0 aliphatic heterocycles. The minimum atomic E-state index is -0.450. The molecule has 4 aromatic rings. The highest BCUT2D eigenvalue weighted by Gasteiger charge is 2.15. The summed E-state index contributed by atoms with van der Waals surface area (Å²) in [5.41, 5.74) is 2.05. The van der Waals surface area contributed by atoms with Gasteiger partial charge >= 0.3 is 0 Å². The molecule has 0 aliphatic carbocycles. The average molecular weight is 362 g/mol.